The van der Waals surface area contributed by atoms with Crippen molar-refractivity contribution in [3.05, 3.63) is 16.4 Å². The minimum atomic E-state index is 0.730. The van der Waals surface area contributed by atoms with Crippen LogP contribution in [0.15, 0.2) is 10.7 Å². The molecule has 0 bridgehead atoms. The Morgan fingerprint density at radius 2 is 2.27 bits per heavy atom. The van der Waals surface area contributed by atoms with Gasteiger partial charge in [0.1, 0.15) is 0 Å². The van der Waals surface area contributed by atoms with Crippen LogP contribution < -0.4 is 5.32 Å². The normalized spacial score (nSPS) is 11.3. The van der Waals surface area contributed by atoms with Crippen LogP contribution in [0.2, 0.25) is 0 Å². The Morgan fingerprint density at radius 3 is 2.80 bits per heavy atom. The molecule has 0 saturated carbocycles. The lowest BCUT2D eigenvalue weighted by molar-refractivity contribution is 0.538. The summed E-state index contributed by atoms with van der Waals surface area (Å²) in [6.07, 6.45) is 4.09. The van der Waals surface area contributed by atoms with Crippen LogP contribution in [-0.4, -0.2) is 22.9 Å². The molecule has 0 fully saturated rings. The number of nitrogens with one attached hydrogen (secondary N) is 1. The molecule has 4 heteroatoms. The van der Waals surface area contributed by atoms with E-state index in [1.165, 1.54) is 5.69 Å². The highest BCUT2D eigenvalue weighted by Crippen LogP contribution is 2.16. The molecule has 1 aromatic rings. The van der Waals surface area contributed by atoms with Crippen molar-refractivity contribution < 1.29 is 0 Å². The molecule has 1 rings (SSSR count). The van der Waals surface area contributed by atoms with Gasteiger partial charge in [-0.15, -0.1) is 0 Å². The van der Waals surface area contributed by atoms with E-state index in [1.807, 2.05) is 17.9 Å². The van der Waals surface area contributed by atoms with Gasteiger partial charge >= 0.3 is 0 Å². The van der Waals surface area contributed by atoms with Crippen molar-refractivity contribution in [2.24, 2.45) is 13.0 Å². The molecular formula is C11H20BrN3. The monoisotopic (exact) mass is 273 g/mol. The van der Waals surface area contributed by atoms with Gasteiger partial charge in [0.15, 0.2) is 0 Å². The van der Waals surface area contributed by atoms with Crippen molar-refractivity contribution in [2.75, 3.05) is 13.1 Å². The summed E-state index contributed by atoms with van der Waals surface area (Å²) in [5.41, 5.74) is 1.28. The highest BCUT2D eigenvalue weighted by atomic mass is 79.9. The second kappa shape index (κ2) is 6.28. The van der Waals surface area contributed by atoms with Crippen molar-refractivity contribution in [3.63, 3.8) is 0 Å². The molecule has 1 heterocycles. The van der Waals surface area contributed by atoms with Gasteiger partial charge < -0.3 is 5.32 Å². The van der Waals surface area contributed by atoms with Crippen LogP contribution in [0.5, 0.6) is 0 Å². The lowest BCUT2D eigenvalue weighted by atomic mass is 10.2. The number of aromatic nitrogens is 2. The summed E-state index contributed by atoms with van der Waals surface area (Å²) < 4.78 is 3.06. The zero-order valence-corrected chi connectivity index (χ0v) is 11.3. The van der Waals surface area contributed by atoms with Gasteiger partial charge in [-0.1, -0.05) is 13.8 Å². The molecule has 1 N–H and O–H groups in total. The fourth-order valence-corrected chi connectivity index (χ4v) is 2.04. The molecule has 0 unspecified atom stereocenters. The van der Waals surface area contributed by atoms with E-state index in [0.717, 1.165) is 36.3 Å². The smallest absolute Gasteiger partial charge is 0.0635 e. The van der Waals surface area contributed by atoms with Crippen molar-refractivity contribution in [1.82, 2.24) is 15.1 Å². The largest absolute Gasteiger partial charge is 0.316 e. The molecule has 0 spiro atoms. The van der Waals surface area contributed by atoms with Crippen molar-refractivity contribution in [1.29, 1.82) is 0 Å². The molecule has 0 aliphatic heterocycles. The van der Waals surface area contributed by atoms with E-state index in [1.54, 1.807) is 0 Å². The zero-order chi connectivity index (χ0) is 11.3. The van der Waals surface area contributed by atoms with Crippen LogP contribution in [0, 0.1) is 5.92 Å². The Hall–Kier alpha value is -0.350. The molecule has 86 valence electrons. The van der Waals surface area contributed by atoms with Crippen LogP contribution in [-0.2, 0) is 13.5 Å². The first kappa shape index (κ1) is 12.7. The van der Waals surface area contributed by atoms with Gasteiger partial charge in [-0.05, 0) is 47.8 Å². The van der Waals surface area contributed by atoms with E-state index < -0.39 is 0 Å². The van der Waals surface area contributed by atoms with Crippen LogP contribution in [0.25, 0.3) is 0 Å². The maximum Gasteiger partial charge on any atom is 0.0635 e. The van der Waals surface area contributed by atoms with Crippen molar-refractivity contribution in [3.8, 4) is 0 Å². The maximum absolute atomic E-state index is 4.19. The third-order valence-corrected chi connectivity index (χ3v) is 2.99. The second-order valence-electron chi connectivity index (χ2n) is 4.26. The highest BCUT2D eigenvalue weighted by molar-refractivity contribution is 9.10. The van der Waals surface area contributed by atoms with Gasteiger partial charge in [0.25, 0.3) is 0 Å². The molecular weight excluding hydrogens is 254 g/mol. The molecule has 3 nitrogen and oxygen atoms in total. The molecule has 0 radical (unpaired) electrons. The summed E-state index contributed by atoms with van der Waals surface area (Å²) in [5.74, 6) is 0.730. The average Bonchev–Trinajstić information content (AvgIpc) is 2.47. The average molecular weight is 274 g/mol. The Labute approximate surface area is 100 Å². The first-order valence-electron chi connectivity index (χ1n) is 5.48. The third-order valence-electron chi connectivity index (χ3n) is 2.33. The van der Waals surface area contributed by atoms with E-state index in [-0.39, 0.29) is 0 Å². The Bertz CT molecular complexity index is 275. The molecule has 0 aromatic carbocycles. The lowest BCUT2D eigenvalue weighted by Crippen LogP contribution is -2.21. The number of hydrogen-bond donors (Lipinski definition) is 1. The fraction of sp³-hybridized carbons (Fsp3) is 0.727. The topological polar surface area (TPSA) is 29.9 Å². The zero-order valence-electron chi connectivity index (χ0n) is 9.76. The number of rotatable bonds is 6. The summed E-state index contributed by atoms with van der Waals surface area (Å²) >= 11 is 3.51. The van der Waals surface area contributed by atoms with E-state index in [4.69, 9.17) is 0 Å². The van der Waals surface area contributed by atoms with Gasteiger partial charge in [-0.3, -0.25) is 4.68 Å². The van der Waals surface area contributed by atoms with Crippen LogP contribution in [0.4, 0.5) is 0 Å². The molecule has 1 aromatic heterocycles. The SMILES string of the molecule is CC(C)CNCCCc1c(Br)cnn1C. The molecule has 0 saturated heterocycles. The van der Waals surface area contributed by atoms with Crippen LogP contribution in [0.1, 0.15) is 26.0 Å². The number of hydrogen-bond acceptors (Lipinski definition) is 2. The Balaban J connectivity index is 2.20. The summed E-state index contributed by atoms with van der Waals surface area (Å²) in [7, 11) is 1.99. The Morgan fingerprint density at radius 1 is 1.53 bits per heavy atom. The lowest BCUT2D eigenvalue weighted by Gasteiger charge is -2.07. The predicted octanol–water partition coefficient (Wildman–Crippen LogP) is 2.36. The van der Waals surface area contributed by atoms with E-state index in [0.29, 0.717) is 0 Å². The van der Waals surface area contributed by atoms with Crippen LogP contribution >= 0.6 is 15.9 Å². The highest BCUT2D eigenvalue weighted by Gasteiger charge is 2.04. The van der Waals surface area contributed by atoms with Gasteiger partial charge in [-0.25, -0.2) is 0 Å². The van der Waals surface area contributed by atoms with E-state index in [9.17, 15) is 0 Å². The predicted molar refractivity (Wildman–Crippen MR) is 66.9 cm³/mol. The molecule has 0 aliphatic carbocycles. The molecule has 15 heavy (non-hydrogen) atoms. The first-order chi connectivity index (χ1) is 7.11. The summed E-state index contributed by atoms with van der Waals surface area (Å²) in [6, 6.07) is 0. The maximum atomic E-state index is 4.19. The quantitative estimate of drug-likeness (QED) is 0.807. The number of halogens is 1. The third kappa shape index (κ3) is 4.34. The van der Waals surface area contributed by atoms with Crippen molar-refractivity contribution >= 4 is 15.9 Å². The van der Waals surface area contributed by atoms with Gasteiger partial charge in [0.05, 0.1) is 16.4 Å². The number of aryl methyl sites for hydroxylation is 1. The molecule has 0 aliphatic rings. The summed E-state index contributed by atoms with van der Waals surface area (Å²) in [6.45, 7) is 6.64. The standard InChI is InChI=1S/C11H20BrN3/c1-9(2)7-13-6-4-5-11-10(12)8-14-15(11)3/h8-9,13H,4-7H2,1-3H3. The summed E-state index contributed by atoms with van der Waals surface area (Å²) in [4.78, 5) is 0. The second-order valence-corrected chi connectivity index (χ2v) is 5.12. The van der Waals surface area contributed by atoms with Crippen LogP contribution in [0.3, 0.4) is 0 Å². The first-order valence-corrected chi connectivity index (χ1v) is 6.27. The number of nitrogens with zero attached hydrogens (tertiary/aromatic N) is 2. The summed E-state index contributed by atoms with van der Waals surface area (Å²) in [5, 5.41) is 7.63. The minimum absolute atomic E-state index is 0.730. The Kier molecular flexibility index (Phi) is 5.32. The van der Waals surface area contributed by atoms with Gasteiger partial charge in [0.2, 0.25) is 0 Å². The molecule has 0 atom stereocenters. The van der Waals surface area contributed by atoms with Gasteiger partial charge in [0, 0.05) is 7.05 Å². The van der Waals surface area contributed by atoms with Crippen molar-refractivity contribution in [2.45, 2.75) is 26.7 Å². The minimum Gasteiger partial charge on any atom is -0.316 e. The van der Waals surface area contributed by atoms with E-state index >= 15 is 0 Å². The fourth-order valence-electron chi connectivity index (χ4n) is 1.49. The molecule has 0 amide bonds. The van der Waals surface area contributed by atoms with Gasteiger partial charge in [-0.2, -0.15) is 5.10 Å². The van der Waals surface area contributed by atoms with E-state index in [2.05, 4.69) is 40.2 Å².